The number of carbonyl (C=O) groups is 1. The first-order valence-electron chi connectivity index (χ1n) is 9.12. The van der Waals surface area contributed by atoms with E-state index in [1.807, 2.05) is 6.92 Å². The molecule has 3 rings (SSSR count). The minimum atomic E-state index is -0.592. The molecule has 0 saturated heterocycles. The van der Waals surface area contributed by atoms with Crippen LogP contribution in [0.25, 0.3) is 0 Å². The average Bonchev–Trinajstić information content (AvgIpc) is 3.10. The molecule has 0 radical (unpaired) electrons. The number of anilines is 2. The quantitative estimate of drug-likeness (QED) is 0.574. The van der Waals surface area contributed by atoms with Crippen LogP contribution in [0.3, 0.4) is 0 Å². The molecule has 1 amide bonds. The fourth-order valence-electron chi connectivity index (χ4n) is 2.69. The molecular formula is C21H21F2N3O3. The molecule has 8 heteroatoms. The Kier molecular flexibility index (Phi) is 6.43. The van der Waals surface area contributed by atoms with E-state index in [0.29, 0.717) is 29.2 Å². The summed E-state index contributed by atoms with van der Waals surface area (Å²) in [4.78, 5) is 12.4. The number of carbonyl (C=O) groups excluding carboxylic acids is 1. The Balaban J connectivity index is 1.61. The third-order valence-corrected chi connectivity index (χ3v) is 4.16. The van der Waals surface area contributed by atoms with Crippen molar-refractivity contribution in [2.24, 2.45) is 0 Å². The van der Waals surface area contributed by atoms with Crippen LogP contribution in [-0.2, 0) is 11.4 Å². The molecule has 3 aromatic rings. The number of nitrogens with one attached hydrogen (secondary N) is 2. The highest BCUT2D eigenvalue weighted by molar-refractivity contribution is 5.95. The summed E-state index contributed by atoms with van der Waals surface area (Å²) in [5.74, 6) is -0.343. The van der Waals surface area contributed by atoms with Crippen LogP contribution in [-0.4, -0.2) is 17.1 Å². The zero-order valence-electron chi connectivity index (χ0n) is 16.0. The second-order valence-corrected chi connectivity index (χ2v) is 6.48. The topological polar surface area (TPSA) is 76.4 Å². The predicted molar refractivity (Wildman–Crippen MR) is 105 cm³/mol. The van der Waals surface area contributed by atoms with Gasteiger partial charge in [0.2, 0.25) is 5.91 Å². The Hall–Kier alpha value is -3.42. The van der Waals surface area contributed by atoms with E-state index in [9.17, 15) is 13.6 Å². The van der Waals surface area contributed by atoms with Crippen LogP contribution in [0.15, 0.2) is 53.1 Å². The smallest absolute Gasteiger partial charge is 0.248 e. The Morgan fingerprint density at radius 2 is 2.03 bits per heavy atom. The Morgan fingerprint density at radius 3 is 2.69 bits per heavy atom. The van der Waals surface area contributed by atoms with Crippen molar-refractivity contribution < 1.29 is 22.8 Å². The molecule has 0 saturated carbocycles. The molecule has 1 atom stereocenters. The van der Waals surface area contributed by atoms with Gasteiger partial charge < -0.3 is 19.9 Å². The molecule has 2 N–H and O–H groups in total. The molecule has 0 aliphatic carbocycles. The maximum absolute atomic E-state index is 14.4. The highest BCUT2D eigenvalue weighted by Gasteiger charge is 2.18. The van der Waals surface area contributed by atoms with Crippen molar-refractivity contribution >= 4 is 17.4 Å². The minimum Gasteiger partial charge on any atom is -0.486 e. The first-order chi connectivity index (χ1) is 13.9. The number of aryl methyl sites for hydroxylation is 1. The van der Waals surface area contributed by atoms with Gasteiger partial charge in [0, 0.05) is 17.8 Å². The number of rotatable bonds is 8. The van der Waals surface area contributed by atoms with E-state index in [0.717, 1.165) is 0 Å². The number of benzene rings is 2. The molecule has 0 aliphatic rings. The van der Waals surface area contributed by atoms with Gasteiger partial charge in [0.15, 0.2) is 17.4 Å². The Bertz CT molecular complexity index is 991. The summed E-state index contributed by atoms with van der Waals surface area (Å²) >= 11 is 0. The predicted octanol–water partition coefficient (Wildman–Crippen LogP) is 4.67. The van der Waals surface area contributed by atoms with Gasteiger partial charge in [-0.1, -0.05) is 24.2 Å². The zero-order valence-corrected chi connectivity index (χ0v) is 16.0. The highest BCUT2D eigenvalue weighted by Crippen LogP contribution is 2.23. The molecule has 6 nitrogen and oxygen atoms in total. The molecule has 0 spiro atoms. The van der Waals surface area contributed by atoms with Crippen LogP contribution >= 0.6 is 0 Å². The number of hydrogen-bond donors (Lipinski definition) is 2. The van der Waals surface area contributed by atoms with E-state index < -0.39 is 11.9 Å². The lowest BCUT2D eigenvalue weighted by Gasteiger charge is -2.17. The largest absolute Gasteiger partial charge is 0.486 e. The molecule has 0 aliphatic heterocycles. The van der Waals surface area contributed by atoms with Crippen molar-refractivity contribution in [2.45, 2.75) is 32.9 Å². The van der Waals surface area contributed by atoms with E-state index in [-0.39, 0.29) is 24.1 Å². The van der Waals surface area contributed by atoms with Gasteiger partial charge in [0.25, 0.3) is 0 Å². The summed E-state index contributed by atoms with van der Waals surface area (Å²) in [6, 6.07) is 11.2. The summed E-state index contributed by atoms with van der Waals surface area (Å²) in [6.07, 6.45) is 0.474. The van der Waals surface area contributed by atoms with Crippen molar-refractivity contribution in [3.63, 3.8) is 0 Å². The Morgan fingerprint density at radius 1 is 1.21 bits per heavy atom. The van der Waals surface area contributed by atoms with Gasteiger partial charge in [-0.2, -0.15) is 0 Å². The van der Waals surface area contributed by atoms with E-state index in [4.69, 9.17) is 9.26 Å². The normalized spacial score (nSPS) is 11.7. The Labute approximate surface area is 166 Å². The van der Waals surface area contributed by atoms with Crippen LogP contribution < -0.4 is 15.4 Å². The number of amides is 1. The molecule has 1 heterocycles. The molecule has 0 bridgehead atoms. The van der Waals surface area contributed by atoms with Gasteiger partial charge in [-0.25, -0.2) is 8.78 Å². The molecular weight excluding hydrogens is 380 g/mol. The first kappa shape index (κ1) is 20.3. The molecule has 2 aromatic carbocycles. The first-order valence-corrected chi connectivity index (χ1v) is 9.12. The van der Waals surface area contributed by atoms with E-state index in [2.05, 4.69) is 15.8 Å². The van der Waals surface area contributed by atoms with Crippen LogP contribution in [0.2, 0.25) is 0 Å². The summed E-state index contributed by atoms with van der Waals surface area (Å²) in [6.45, 7) is 3.59. The van der Waals surface area contributed by atoms with Crippen molar-refractivity contribution in [2.75, 3.05) is 10.6 Å². The van der Waals surface area contributed by atoms with Crippen LogP contribution in [0.4, 0.5) is 20.3 Å². The average molecular weight is 401 g/mol. The van der Waals surface area contributed by atoms with Gasteiger partial charge in [0.05, 0.1) is 0 Å². The highest BCUT2D eigenvalue weighted by atomic mass is 19.1. The molecule has 29 heavy (non-hydrogen) atoms. The molecule has 0 fully saturated rings. The SMILES string of the molecule is CCC(Nc1ccc(OCc2cccc(F)c2)c(F)c1)C(=O)Nc1cc(C)on1. The van der Waals surface area contributed by atoms with Crippen molar-refractivity contribution in [1.82, 2.24) is 5.16 Å². The lowest BCUT2D eigenvalue weighted by atomic mass is 10.2. The molecule has 1 aromatic heterocycles. The standard InChI is InChI=1S/C21H21F2N3O3/c1-3-18(21(27)25-20-9-13(2)29-26-20)24-16-7-8-19(17(23)11-16)28-12-14-5-4-6-15(22)10-14/h4-11,18,24H,3,12H2,1-2H3,(H,25,26,27). The lowest BCUT2D eigenvalue weighted by molar-refractivity contribution is -0.117. The summed E-state index contributed by atoms with van der Waals surface area (Å²) in [5, 5.41) is 9.36. The van der Waals surface area contributed by atoms with Crippen molar-refractivity contribution in [3.05, 3.63) is 71.5 Å². The van der Waals surface area contributed by atoms with E-state index in [1.54, 1.807) is 31.2 Å². The summed E-state index contributed by atoms with van der Waals surface area (Å²) < 4.78 is 37.9. The second-order valence-electron chi connectivity index (χ2n) is 6.48. The zero-order chi connectivity index (χ0) is 20.8. The van der Waals surface area contributed by atoms with E-state index in [1.165, 1.54) is 24.3 Å². The van der Waals surface area contributed by atoms with Crippen molar-refractivity contribution in [1.29, 1.82) is 0 Å². The number of aromatic nitrogens is 1. The van der Waals surface area contributed by atoms with Gasteiger partial charge >= 0.3 is 0 Å². The number of hydrogen-bond acceptors (Lipinski definition) is 5. The van der Waals surface area contributed by atoms with E-state index >= 15 is 0 Å². The van der Waals surface area contributed by atoms with Crippen LogP contribution in [0.5, 0.6) is 5.75 Å². The second kappa shape index (κ2) is 9.18. The maximum atomic E-state index is 14.4. The maximum Gasteiger partial charge on any atom is 0.248 e. The third kappa shape index (κ3) is 5.54. The molecule has 1 unspecified atom stereocenters. The monoisotopic (exact) mass is 401 g/mol. The minimum absolute atomic E-state index is 0.0374. The summed E-state index contributed by atoms with van der Waals surface area (Å²) in [5.41, 5.74) is 1.02. The van der Waals surface area contributed by atoms with Gasteiger partial charge in [-0.3, -0.25) is 4.79 Å². The fourth-order valence-corrected chi connectivity index (χ4v) is 2.69. The van der Waals surface area contributed by atoms with Gasteiger partial charge in [-0.05, 0) is 43.2 Å². The summed E-state index contributed by atoms with van der Waals surface area (Å²) in [7, 11) is 0. The number of ether oxygens (including phenoxy) is 1. The van der Waals surface area contributed by atoms with Gasteiger partial charge in [-0.15, -0.1) is 0 Å². The lowest BCUT2D eigenvalue weighted by Crippen LogP contribution is -2.34. The number of halogens is 2. The third-order valence-electron chi connectivity index (χ3n) is 4.16. The van der Waals surface area contributed by atoms with Crippen LogP contribution in [0, 0.1) is 18.6 Å². The van der Waals surface area contributed by atoms with Crippen LogP contribution in [0.1, 0.15) is 24.7 Å². The number of nitrogens with zero attached hydrogens (tertiary/aromatic N) is 1. The fraction of sp³-hybridized carbons (Fsp3) is 0.238. The molecule has 152 valence electrons. The van der Waals surface area contributed by atoms with Crippen molar-refractivity contribution in [3.8, 4) is 5.75 Å². The van der Waals surface area contributed by atoms with Gasteiger partial charge in [0.1, 0.15) is 24.2 Å².